The Balaban J connectivity index is 2.44. The Hall–Kier alpha value is -0.935. The van der Waals surface area contributed by atoms with Crippen LogP contribution in [0.25, 0.3) is 0 Å². The molecule has 1 aliphatic rings. The second-order valence-corrected chi connectivity index (χ2v) is 4.55. The van der Waals surface area contributed by atoms with Crippen LogP contribution in [0, 0.1) is 0 Å². The maximum absolute atomic E-state index is 7.79. The van der Waals surface area contributed by atoms with E-state index in [1.807, 2.05) is 27.7 Å². The lowest BCUT2D eigenvalue weighted by Gasteiger charge is -2.32. The van der Waals surface area contributed by atoms with Crippen LogP contribution in [-0.2, 0) is 9.31 Å². The molecule has 2 rings (SSSR count). The molecule has 2 heterocycles. The molecule has 1 saturated heterocycles. The van der Waals surface area contributed by atoms with E-state index in [0.717, 1.165) is 0 Å². The van der Waals surface area contributed by atoms with Gasteiger partial charge in [-0.3, -0.25) is 0 Å². The summed E-state index contributed by atoms with van der Waals surface area (Å²) in [7, 11) is -0.852. The predicted octanol–water partition coefficient (Wildman–Crippen LogP) is 0.776. The van der Waals surface area contributed by atoms with Crippen molar-refractivity contribution >= 4 is 12.6 Å². The minimum Gasteiger partial charge on any atom is -0.399 e. The third-order valence-electron chi connectivity index (χ3n) is 2.95. The lowest BCUT2D eigenvalue weighted by Crippen LogP contribution is -2.41. The van der Waals surface area contributed by atoms with Crippen molar-refractivity contribution in [1.29, 1.82) is 0 Å². The lowest BCUT2D eigenvalue weighted by atomic mass is 9.81. The van der Waals surface area contributed by atoms with Gasteiger partial charge in [0.2, 0.25) is 0 Å². The number of nitrogens with zero attached hydrogens (tertiary/aromatic N) is 2. The molecule has 0 unspecified atom stereocenters. The monoisotopic (exact) mass is 209 g/mol. The molecule has 1 fully saturated rings. The molecule has 0 N–H and O–H groups in total. The molecule has 5 heteroatoms. The van der Waals surface area contributed by atoms with Gasteiger partial charge >= 0.3 is 7.12 Å². The maximum Gasteiger partial charge on any atom is 0.496 e. The molecule has 4 nitrogen and oxygen atoms in total. The number of hydrogen-bond acceptors (Lipinski definition) is 4. The number of rotatable bonds is 1. The first-order chi connectivity index (χ1) is 8.16. The Morgan fingerprint density at radius 2 is 1.80 bits per heavy atom. The van der Waals surface area contributed by atoms with E-state index in [2.05, 4.69) is 10.2 Å². The van der Waals surface area contributed by atoms with Crippen LogP contribution in [0.2, 0.25) is 0 Å². The molecule has 1 aliphatic heterocycles. The van der Waals surface area contributed by atoms with Crippen molar-refractivity contribution in [3.8, 4) is 0 Å². The highest BCUT2D eigenvalue weighted by Crippen LogP contribution is 2.36. The molecule has 0 atom stereocenters. The van der Waals surface area contributed by atoms with Crippen LogP contribution >= 0.6 is 0 Å². The Morgan fingerprint density at radius 3 is 2.40 bits per heavy atom. The van der Waals surface area contributed by atoms with Gasteiger partial charge in [-0.05, 0) is 33.7 Å². The molecule has 80 valence electrons. The van der Waals surface area contributed by atoms with Gasteiger partial charge in [-0.1, -0.05) is 0 Å². The molecule has 0 radical (unpaired) electrons. The SMILES string of the molecule is [2H]c1nnc([2H])c(B2OC(C)(C)C(C)(C)O2)c1[2H]. The molecular weight excluding hydrogens is 191 g/mol. The fourth-order valence-corrected chi connectivity index (χ4v) is 1.29. The zero-order valence-electron chi connectivity index (χ0n) is 12.3. The van der Waals surface area contributed by atoms with Crippen LogP contribution in [0.5, 0.6) is 0 Å². The molecule has 0 bridgehead atoms. The van der Waals surface area contributed by atoms with E-state index in [9.17, 15) is 0 Å². The highest BCUT2D eigenvalue weighted by Gasteiger charge is 2.51. The average Bonchev–Trinajstić information content (AvgIpc) is 2.43. The van der Waals surface area contributed by atoms with E-state index in [4.69, 9.17) is 13.4 Å². The first kappa shape index (κ1) is 7.36. The van der Waals surface area contributed by atoms with Gasteiger partial charge in [0.1, 0.15) is 0 Å². The molecule has 0 saturated carbocycles. The van der Waals surface area contributed by atoms with Crippen LogP contribution in [0.3, 0.4) is 0 Å². The summed E-state index contributed by atoms with van der Waals surface area (Å²) in [5.74, 6) is 0. The van der Waals surface area contributed by atoms with Crippen LogP contribution in [0.1, 0.15) is 31.8 Å². The lowest BCUT2D eigenvalue weighted by molar-refractivity contribution is 0.00578. The van der Waals surface area contributed by atoms with Crippen molar-refractivity contribution in [2.45, 2.75) is 38.9 Å². The average molecular weight is 209 g/mol. The summed E-state index contributed by atoms with van der Waals surface area (Å²) >= 11 is 0. The first-order valence-corrected chi connectivity index (χ1v) is 4.82. The van der Waals surface area contributed by atoms with E-state index in [-0.39, 0.29) is 23.9 Å². The second kappa shape index (κ2) is 3.28. The van der Waals surface area contributed by atoms with Crippen molar-refractivity contribution in [3.05, 3.63) is 18.4 Å². The minimum atomic E-state index is -0.852. The van der Waals surface area contributed by atoms with Crippen molar-refractivity contribution in [1.82, 2.24) is 10.2 Å². The van der Waals surface area contributed by atoms with Crippen LogP contribution < -0.4 is 5.46 Å². The second-order valence-electron chi connectivity index (χ2n) is 4.55. The topological polar surface area (TPSA) is 44.2 Å². The van der Waals surface area contributed by atoms with E-state index in [1.54, 1.807) is 0 Å². The normalized spacial score (nSPS) is 25.9. The largest absolute Gasteiger partial charge is 0.496 e. The molecule has 0 aromatic carbocycles. The summed E-state index contributed by atoms with van der Waals surface area (Å²) < 4.78 is 34.5. The standard InChI is InChI=1S/C10H15BN2O2/c1-9(2)10(3,4)15-11(14-9)8-5-6-12-13-7-8/h5-7H,1-4H3/i5D,6D,7D. The fourth-order valence-electron chi connectivity index (χ4n) is 1.29. The van der Waals surface area contributed by atoms with Gasteiger partial charge in [0, 0.05) is 17.8 Å². The van der Waals surface area contributed by atoms with Crippen LogP contribution in [0.4, 0.5) is 0 Å². The third kappa shape index (κ3) is 1.77. The van der Waals surface area contributed by atoms with Gasteiger partial charge in [0.25, 0.3) is 0 Å². The zero-order chi connectivity index (χ0) is 13.7. The maximum atomic E-state index is 7.79. The summed E-state index contributed by atoms with van der Waals surface area (Å²) in [5.41, 5.74) is -0.946. The van der Waals surface area contributed by atoms with Crippen molar-refractivity contribution in [2.24, 2.45) is 0 Å². The van der Waals surface area contributed by atoms with Crippen LogP contribution in [-0.4, -0.2) is 28.5 Å². The van der Waals surface area contributed by atoms with Gasteiger partial charge in [-0.2, -0.15) is 10.2 Å². The summed E-state index contributed by atoms with van der Waals surface area (Å²) in [6.07, 6.45) is -0.467. The smallest absolute Gasteiger partial charge is 0.399 e. The summed E-state index contributed by atoms with van der Waals surface area (Å²) in [5, 5.41) is 6.94. The molecule has 1 aromatic rings. The summed E-state index contributed by atoms with van der Waals surface area (Å²) in [6.45, 7) is 7.54. The highest BCUT2D eigenvalue weighted by molar-refractivity contribution is 6.61. The van der Waals surface area contributed by atoms with Crippen LogP contribution in [0.15, 0.2) is 18.4 Å². The fraction of sp³-hybridized carbons (Fsp3) is 0.600. The highest BCUT2D eigenvalue weighted by atomic mass is 16.7. The molecule has 0 aliphatic carbocycles. The predicted molar refractivity (Wildman–Crippen MR) is 57.7 cm³/mol. The van der Waals surface area contributed by atoms with Crippen molar-refractivity contribution < 1.29 is 13.4 Å². The molecule has 1 aromatic heterocycles. The van der Waals surface area contributed by atoms with Gasteiger partial charge in [0.05, 0.1) is 15.3 Å². The Morgan fingerprint density at radius 1 is 1.20 bits per heavy atom. The molecular formula is C10H15BN2O2. The summed E-state index contributed by atoms with van der Waals surface area (Å²) in [6, 6.07) is -0.173. The number of hydrogen-bond donors (Lipinski definition) is 0. The van der Waals surface area contributed by atoms with E-state index < -0.39 is 18.3 Å². The van der Waals surface area contributed by atoms with E-state index in [1.165, 1.54) is 0 Å². The molecule has 0 amide bonds. The van der Waals surface area contributed by atoms with E-state index >= 15 is 0 Å². The van der Waals surface area contributed by atoms with Gasteiger partial charge < -0.3 is 9.31 Å². The third-order valence-corrected chi connectivity index (χ3v) is 2.95. The Labute approximate surface area is 94.4 Å². The van der Waals surface area contributed by atoms with Crippen molar-refractivity contribution in [2.75, 3.05) is 0 Å². The number of aromatic nitrogens is 2. The quantitative estimate of drug-likeness (QED) is 0.641. The Bertz CT molecular complexity index is 480. The molecule has 0 spiro atoms. The first-order valence-electron chi connectivity index (χ1n) is 6.32. The minimum absolute atomic E-state index is 0.161. The van der Waals surface area contributed by atoms with E-state index in [0.29, 0.717) is 0 Å². The van der Waals surface area contributed by atoms with Crippen molar-refractivity contribution in [3.63, 3.8) is 0 Å². The molecule has 15 heavy (non-hydrogen) atoms. The summed E-state index contributed by atoms with van der Waals surface area (Å²) in [4.78, 5) is 0. The van der Waals surface area contributed by atoms with Gasteiger partial charge in [-0.15, -0.1) is 0 Å². The Kier molecular flexibility index (Phi) is 1.61. The van der Waals surface area contributed by atoms with Gasteiger partial charge in [0.15, 0.2) is 0 Å². The van der Waals surface area contributed by atoms with Gasteiger partial charge in [-0.25, -0.2) is 0 Å². The zero-order valence-corrected chi connectivity index (χ0v) is 9.29.